The van der Waals surface area contributed by atoms with Crippen molar-refractivity contribution in [2.24, 2.45) is 0 Å². The quantitative estimate of drug-likeness (QED) is 0.683. The van der Waals surface area contributed by atoms with Gasteiger partial charge in [0.15, 0.2) is 0 Å². The number of rotatable bonds is 3. The molecule has 2 aromatic carbocycles. The number of nitrogens with zero attached hydrogens (tertiary/aromatic N) is 1. The van der Waals surface area contributed by atoms with E-state index in [2.05, 4.69) is 0 Å². The van der Waals surface area contributed by atoms with Crippen LogP contribution in [0.1, 0.15) is 11.1 Å². The molecule has 0 fully saturated rings. The van der Waals surface area contributed by atoms with E-state index in [0.29, 0.717) is 11.9 Å². The summed E-state index contributed by atoms with van der Waals surface area (Å²) < 4.78 is 45.2. The smallest absolute Gasteiger partial charge is 0.416 e. The molecule has 2 nitrogen and oxygen atoms in total. The Bertz CT molecular complexity index is 788. The van der Waals surface area contributed by atoms with Crippen molar-refractivity contribution in [3.05, 3.63) is 65.9 Å². The molecule has 3 aromatic rings. The molecule has 22 heavy (non-hydrogen) atoms. The maximum Gasteiger partial charge on any atom is 0.416 e. The molecule has 114 valence electrons. The van der Waals surface area contributed by atoms with Crippen molar-refractivity contribution in [3.8, 4) is 5.75 Å². The predicted molar refractivity (Wildman–Crippen MR) is 79.0 cm³/mol. The molecule has 0 radical (unpaired) electrons. The summed E-state index contributed by atoms with van der Waals surface area (Å²) in [5, 5.41) is 0.586. The van der Waals surface area contributed by atoms with E-state index in [9.17, 15) is 13.2 Å². The third-order valence-electron chi connectivity index (χ3n) is 3.61. The molecule has 0 aliphatic carbocycles. The van der Waals surface area contributed by atoms with Gasteiger partial charge in [-0.25, -0.2) is 0 Å². The maximum atomic E-state index is 12.7. The molecule has 0 amide bonds. The average Bonchev–Trinajstić information content (AvgIpc) is 2.89. The van der Waals surface area contributed by atoms with Crippen molar-refractivity contribution in [2.75, 3.05) is 7.11 Å². The van der Waals surface area contributed by atoms with Gasteiger partial charge in [-0.1, -0.05) is 12.1 Å². The number of hydrogen-bond donors (Lipinski definition) is 0. The van der Waals surface area contributed by atoms with Gasteiger partial charge in [-0.15, -0.1) is 0 Å². The Balaban J connectivity index is 1.91. The van der Waals surface area contributed by atoms with E-state index in [0.717, 1.165) is 22.9 Å². The van der Waals surface area contributed by atoms with Crippen LogP contribution in [0.3, 0.4) is 0 Å². The van der Waals surface area contributed by atoms with Crippen LogP contribution in [0, 0.1) is 0 Å². The van der Waals surface area contributed by atoms with Crippen molar-refractivity contribution >= 4 is 10.9 Å². The Hall–Kier alpha value is -2.43. The molecule has 0 saturated carbocycles. The molecule has 1 aromatic heterocycles. The SMILES string of the molecule is COc1ccc(Cn2ccc3cc(C(F)(F)F)ccc32)cc1. The lowest BCUT2D eigenvalue weighted by molar-refractivity contribution is -0.137. The number of ether oxygens (including phenoxy) is 1. The van der Waals surface area contributed by atoms with Crippen LogP contribution in [0.15, 0.2) is 54.7 Å². The van der Waals surface area contributed by atoms with Crippen LogP contribution in [0.5, 0.6) is 5.75 Å². The summed E-state index contributed by atoms with van der Waals surface area (Å²) in [5.41, 5.74) is 1.21. The molecule has 0 aliphatic heterocycles. The lowest BCUT2D eigenvalue weighted by atomic mass is 10.1. The minimum Gasteiger partial charge on any atom is -0.497 e. The third kappa shape index (κ3) is 2.79. The average molecular weight is 305 g/mol. The number of alkyl halides is 3. The van der Waals surface area contributed by atoms with Gasteiger partial charge in [0.05, 0.1) is 12.7 Å². The standard InChI is InChI=1S/C17H14F3NO/c1-22-15-5-2-12(3-6-15)11-21-9-8-13-10-14(17(18,19)20)4-7-16(13)21/h2-10H,11H2,1H3. The van der Waals surface area contributed by atoms with Crippen molar-refractivity contribution in [1.82, 2.24) is 4.57 Å². The third-order valence-corrected chi connectivity index (χ3v) is 3.61. The summed E-state index contributed by atoms with van der Waals surface area (Å²) in [4.78, 5) is 0. The lowest BCUT2D eigenvalue weighted by Gasteiger charge is -2.09. The zero-order chi connectivity index (χ0) is 15.7. The van der Waals surface area contributed by atoms with E-state index in [1.807, 2.05) is 28.8 Å². The Labute approximate surface area is 125 Å². The highest BCUT2D eigenvalue weighted by Crippen LogP contribution is 2.31. The molecule has 3 rings (SSSR count). The van der Waals surface area contributed by atoms with Crippen molar-refractivity contribution in [3.63, 3.8) is 0 Å². The monoisotopic (exact) mass is 305 g/mol. The minimum atomic E-state index is -4.31. The molecule has 0 N–H and O–H groups in total. The molecule has 0 bridgehead atoms. The predicted octanol–water partition coefficient (Wildman–Crippen LogP) is 4.72. The number of methoxy groups -OCH3 is 1. The van der Waals surface area contributed by atoms with Crippen molar-refractivity contribution in [1.29, 1.82) is 0 Å². The summed E-state index contributed by atoms with van der Waals surface area (Å²) >= 11 is 0. The van der Waals surface area contributed by atoms with Crippen molar-refractivity contribution < 1.29 is 17.9 Å². The van der Waals surface area contributed by atoms with E-state index in [4.69, 9.17) is 4.74 Å². The van der Waals surface area contributed by atoms with Gasteiger partial charge in [0, 0.05) is 23.6 Å². The fourth-order valence-corrected chi connectivity index (χ4v) is 2.44. The Morgan fingerprint density at radius 1 is 1.00 bits per heavy atom. The first-order valence-electron chi connectivity index (χ1n) is 6.76. The molecule has 0 saturated heterocycles. The summed E-state index contributed by atoms with van der Waals surface area (Å²) in [7, 11) is 1.60. The van der Waals surface area contributed by atoms with Crippen LogP contribution in [0.4, 0.5) is 13.2 Å². The zero-order valence-corrected chi connectivity index (χ0v) is 11.9. The van der Waals surface area contributed by atoms with Crippen molar-refractivity contribution in [2.45, 2.75) is 12.7 Å². The first-order valence-corrected chi connectivity index (χ1v) is 6.76. The number of aromatic nitrogens is 1. The van der Waals surface area contributed by atoms with Gasteiger partial charge in [-0.05, 0) is 42.0 Å². The summed E-state index contributed by atoms with van der Waals surface area (Å²) in [6.45, 7) is 0.596. The summed E-state index contributed by atoms with van der Waals surface area (Å²) in [5.74, 6) is 0.774. The van der Waals surface area contributed by atoms with Crippen LogP contribution in [-0.2, 0) is 12.7 Å². The van der Waals surface area contributed by atoms with E-state index in [1.54, 1.807) is 19.4 Å². The zero-order valence-electron chi connectivity index (χ0n) is 11.9. The topological polar surface area (TPSA) is 14.2 Å². The van der Waals surface area contributed by atoms with Crippen LogP contribution >= 0.6 is 0 Å². The second-order valence-corrected chi connectivity index (χ2v) is 5.06. The van der Waals surface area contributed by atoms with E-state index in [-0.39, 0.29) is 0 Å². The number of hydrogen-bond acceptors (Lipinski definition) is 1. The first kappa shape index (κ1) is 14.5. The van der Waals surface area contributed by atoms with Gasteiger partial charge in [0.25, 0.3) is 0 Å². The summed E-state index contributed by atoms with van der Waals surface area (Å²) in [6.07, 6.45) is -2.51. The molecular formula is C17H14F3NO. The van der Waals surface area contributed by atoms with Gasteiger partial charge < -0.3 is 9.30 Å². The second-order valence-electron chi connectivity index (χ2n) is 5.06. The number of halogens is 3. The van der Waals surface area contributed by atoms with E-state index in [1.165, 1.54) is 12.1 Å². The highest BCUT2D eigenvalue weighted by atomic mass is 19.4. The van der Waals surface area contributed by atoms with Gasteiger partial charge in [-0.2, -0.15) is 13.2 Å². The van der Waals surface area contributed by atoms with Gasteiger partial charge >= 0.3 is 6.18 Å². The highest BCUT2D eigenvalue weighted by molar-refractivity contribution is 5.81. The van der Waals surface area contributed by atoms with Crippen LogP contribution in [0.25, 0.3) is 10.9 Å². The van der Waals surface area contributed by atoms with Gasteiger partial charge in [0.2, 0.25) is 0 Å². The van der Waals surface area contributed by atoms with Gasteiger partial charge in [-0.3, -0.25) is 0 Å². The Morgan fingerprint density at radius 3 is 2.36 bits per heavy atom. The number of benzene rings is 2. The molecule has 0 aliphatic rings. The molecule has 0 atom stereocenters. The maximum absolute atomic E-state index is 12.7. The fraction of sp³-hybridized carbons (Fsp3) is 0.176. The molecule has 1 heterocycles. The van der Waals surface area contributed by atoms with Crippen LogP contribution in [-0.4, -0.2) is 11.7 Å². The highest BCUT2D eigenvalue weighted by Gasteiger charge is 2.30. The lowest BCUT2D eigenvalue weighted by Crippen LogP contribution is -2.04. The van der Waals surface area contributed by atoms with E-state index < -0.39 is 11.7 Å². The molecular weight excluding hydrogens is 291 g/mol. The Morgan fingerprint density at radius 2 is 1.73 bits per heavy atom. The van der Waals surface area contributed by atoms with Crippen LogP contribution in [0.2, 0.25) is 0 Å². The summed E-state index contributed by atoms with van der Waals surface area (Å²) in [6, 6.07) is 13.1. The Kier molecular flexibility index (Phi) is 3.56. The fourth-order valence-electron chi connectivity index (χ4n) is 2.44. The second kappa shape index (κ2) is 5.40. The molecule has 0 unspecified atom stereocenters. The molecule has 0 spiro atoms. The van der Waals surface area contributed by atoms with Gasteiger partial charge in [0.1, 0.15) is 5.75 Å². The molecule has 5 heteroatoms. The first-order chi connectivity index (χ1) is 10.5. The normalized spacial score (nSPS) is 11.8. The van der Waals surface area contributed by atoms with Crippen LogP contribution < -0.4 is 4.74 Å². The minimum absolute atomic E-state index is 0.586. The largest absolute Gasteiger partial charge is 0.497 e. The van der Waals surface area contributed by atoms with E-state index >= 15 is 0 Å². The number of fused-ring (bicyclic) bond motifs is 1.